The van der Waals surface area contributed by atoms with Crippen molar-refractivity contribution in [3.63, 3.8) is 0 Å². The zero-order valence-corrected chi connectivity index (χ0v) is 10.1. The fraction of sp³-hybridized carbons (Fsp3) is 0.556. The van der Waals surface area contributed by atoms with Crippen molar-refractivity contribution < 1.29 is 17.6 Å². The number of alkyl halides is 4. The van der Waals surface area contributed by atoms with Crippen molar-refractivity contribution in [2.75, 3.05) is 7.05 Å². The van der Waals surface area contributed by atoms with Gasteiger partial charge in [0.25, 0.3) is 0 Å². The molecule has 1 atom stereocenters. The molecule has 0 saturated heterocycles. The average Bonchev–Trinajstić information content (AvgIpc) is 2.47. The first-order chi connectivity index (χ1) is 7.30. The van der Waals surface area contributed by atoms with E-state index in [1.54, 1.807) is 6.92 Å². The molecule has 0 radical (unpaired) electrons. The van der Waals surface area contributed by atoms with Gasteiger partial charge in [0.15, 0.2) is 0 Å². The molecule has 0 aliphatic carbocycles. The topological polar surface area (TPSA) is 12.0 Å². The maximum atomic E-state index is 13.2. The van der Waals surface area contributed by atoms with Crippen molar-refractivity contribution in [3.05, 3.63) is 20.8 Å². The summed E-state index contributed by atoms with van der Waals surface area (Å²) < 4.78 is 51.2. The summed E-state index contributed by atoms with van der Waals surface area (Å²) in [5.41, 5.74) is 0.604. The van der Waals surface area contributed by atoms with E-state index >= 15 is 0 Å². The second-order valence-electron chi connectivity index (χ2n) is 3.30. The molecule has 0 amide bonds. The highest BCUT2D eigenvalue weighted by Crippen LogP contribution is 2.41. The molecule has 16 heavy (non-hydrogen) atoms. The maximum absolute atomic E-state index is 13.2. The van der Waals surface area contributed by atoms with Crippen LogP contribution in [-0.4, -0.2) is 19.4 Å². The third kappa shape index (κ3) is 2.49. The summed E-state index contributed by atoms with van der Waals surface area (Å²) >= 11 is 6.60. The minimum Gasteiger partial charge on any atom is -0.307 e. The number of nitrogens with one attached hydrogen (secondary N) is 1. The average molecular weight is 276 g/mol. The van der Waals surface area contributed by atoms with Crippen LogP contribution in [0.15, 0.2) is 6.07 Å². The standard InChI is InChI=1S/C9H10ClF4NS/c1-4-3-5(16-7(4)10)6(15-2)9(13,14)8(11)12/h3,6,8,15H,1-2H3. The molecule has 1 aromatic rings. The summed E-state index contributed by atoms with van der Waals surface area (Å²) in [6.45, 7) is 1.63. The molecule has 1 rings (SSSR count). The molecule has 0 spiro atoms. The van der Waals surface area contributed by atoms with Gasteiger partial charge in [0, 0.05) is 4.88 Å². The molecule has 1 unspecified atom stereocenters. The predicted octanol–water partition coefficient (Wildman–Crippen LogP) is 3.87. The van der Waals surface area contributed by atoms with Crippen LogP contribution in [0.2, 0.25) is 4.34 Å². The Morgan fingerprint density at radius 3 is 2.31 bits per heavy atom. The second-order valence-corrected chi connectivity index (χ2v) is 4.99. The molecule has 1 nitrogen and oxygen atoms in total. The molecule has 1 N–H and O–H groups in total. The van der Waals surface area contributed by atoms with Crippen LogP contribution < -0.4 is 5.32 Å². The van der Waals surface area contributed by atoms with E-state index in [2.05, 4.69) is 5.32 Å². The molecular weight excluding hydrogens is 266 g/mol. The van der Waals surface area contributed by atoms with Gasteiger partial charge in [-0.15, -0.1) is 11.3 Å². The van der Waals surface area contributed by atoms with Crippen LogP contribution in [0.25, 0.3) is 0 Å². The van der Waals surface area contributed by atoms with E-state index in [0.717, 1.165) is 11.3 Å². The summed E-state index contributed by atoms with van der Waals surface area (Å²) in [6.07, 6.45) is -3.72. The van der Waals surface area contributed by atoms with Crippen LogP contribution in [0, 0.1) is 6.92 Å². The number of aryl methyl sites for hydroxylation is 1. The predicted molar refractivity (Wildman–Crippen MR) is 56.8 cm³/mol. The SMILES string of the molecule is CNC(c1cc(C)c(Cl)s1)C(F)(F)C(F)F. The molecule has 92 valence electrons. The molecule has 1 aromatic heterocycles. The van der Waals surface area contributed by atoms with Crippen LogP contribution in [0.3, 0.4) is 0 Å². The molecule has 0 aromatic carbocycles. The van der Waals surface area contributed by atoms with E-state index in [1.165, 1.54) is 13.1 Å². The second kappa shape index (κ2) is 4.89. The molecule has 0 saturated carbocycles. The number of rotatable bonds is 4. The van der Waals surface area contributed by atoms with Crippen molar-refractivity contribution in [3.8, 4) is 0 Å². The third-order valence-electron chi connectivity index (χ3n) is 2.13. The monoisotopic (exact) mass is 275 g/mol. The largest absolute Gasteiger partial charge is 0.327 e. The normalized spacial score (nSPS) is 14.5. The van der Waals surface area contributed by atoms with Crippen LogP contribution in [0.4, 0.5) is 17.6 Å². The summed E-state index contributed by atoms with van der Waals surface area (Å²) in [5.74, 6) is -4.12. The molecule has 0 bridgehead atoms. The Labute approximate surface area is 99.4 Å². The highest BCUT2D eigenvalue weighted by atomic mass is 35.5. The Bertz CT molecular complexity index is 347. The van der Waals surface area contributed by atoms with Crippen molar-refractivity contribution in [1.82, 2.24) is 5.32 Å². The van der Waals surface area contributed by atoms with E-state index in [9.17, 15) is 17.6 Å². The summed E-state index contributed by atoms with van der Waals surface area (Å²) in [5, 5.41) is 2.20. The highest BCUT2D eigenvalue weighted by molar-refractivity contribution is 7.16. The number of thiophene rings is 1. The van der Waals surface area contributed by atoms with Gasteiger partial charge in [-0.2, -0.15) is 8.78 Å². The maximum Gasteiger partial charge on any atom is 0.327 e. The van der Waals surface area contributed by atoms with Crippen molar-refractivity contribution in [2.24, 2.45) is 0 Å². The molecule has 0 aliphatic heterocycles. The third-order valence-corrected chi connectivity index (χ3v) is 3.75. The lowest BCUT2D eigenvalue weighted by molar-refractivity contribution is -0.149. The Hall–Kier alpha value is -0.330. The van der Waals surface area contributed by atoms with E-state index in [-0.39, 0.29) is 4.88 Å². The van der Waals surface area contributed by atoms with Gasteiger partial charge in [0.2, 0.25) is 0 Å². The van der Waals surface area contributed by atoms with E-state index in [0.29, 0.717) is 9.90 Å². The number of hydrogen-bond donors (Lipinski definition) is 1. The minimum absolute atomic E-state index is 0.107. The van der Waals surface area contributed by atoms with E-state index < -0.39 is 18.4 Å². The van der Waals surface area contributed by atoms with Crippen molar-refractivity contribution in [2.45, 2.75) is 25.3 Å². The van der Waals surface area contributed by atoms with Gasteiger partial charge < -0.3 is 5.32 Å². The molecule has 1 heterocycles. The molecular formula is C9H10ClF4NS. The Morgan fingerprint density at radius 1 is 1.44 bits per heavy atom. The quantitative estimate of drug-likeness (QED) is 0.823. The summed E-state index contributed by atoms with van der Waals surface area (Å²) in [4.78, 5) is 0.107. The lowest BCUT2D eigenvalue weighted by Crippen LogP contribution is -2.40. The Balaban J connectivity index is 3.07. The van der Waals surface area contributed by atoms with Gasteiger partial charge in [-0.3, -0.25) is 0 Å². The van der Waals surface area contributed by atoms with Gasteiger partial charge >= 0.3 is 12.3 Å². The summed E-state index contributed by atoms with van der Waals surface area (Å²) in [6, 6.07) is -0.325. The van der Waals surface area contributed by atoms with Crippen molar-refractivity contribution >= 4 is 22.9 Å². The zero-order valence-electron chi connectivity index (χ0n) is 8.53. The lowest BCUT2D eigenvalue weighted by atomic mass is 10.1. The van der Waals surface area contributed by atoms with Crippen LogP contribution in [0.1, 0.15) is 16.5 Å². The molecule has 0 fully saturated rings. The Kier molecular flexibility index (Phi) is 4.20. The zero-order chi connectivity index (χ0) is 12.5. The van der Waals surface area contributed by atoms with Crippen LogP contribution in [0.5, 0.6) is 0 Å². The molecule has 0 aliphatic rings. The fourth-order valence-corrected chi connectivity index (χ4v) is 2.65. The van der Waals surface area contributed by atoms with Crippen molar-refractivity contribution in [1.29, 1.82) is 0 Å². The van der Waals surface area contributed by atoms with Gasteiger partial charge in [-0.1, -0.05) is 11.6 Å². The summed E-state index contributed by atoms with van der Waals surface area (Å²) in [7, 11) is 1.21. The molecule has 7 heteroatoms. The van der Waals surface area contributed by atoms with E-state index in [1.807, 2.05) is 0 Å². The van der Waals surface area contributed by atoms with Gasteiger partial charge in [-0.25, -0.2) is 8.78 Å². The first-order valence-corrected chi connectivity index (χ1v) is 5.59. The highest BCUT2D eigenvalue weighted by Gasteiger charge is 2.49. The number of hydrogen-bond acceptors (Lipinski definition) is 2. The fourth-order valence-electron chi connectivity index (χ4n) is 1.28. The van der Waals surface area contributed by atoms with E-state index in [4.69, 9.17) is 11.6 Å². The minimum atomic E-state index is -4.12. The lowest BCUT2D eigenvalue weighted by Gasteiger charge is -2.24. The van der Waals surface area contributed by atoms with Crippen LogP contribution in [-0.2, 0) is 0 Å². The van der Waals surface area contributed by atoms with Gasteiger partial charge in [0.1, 0.15) is 6.04 Å². The Morgan fingerprint density at radius 2 is 2.00 bits per heavy atom. The first kappa shape index (κ1) is 13.7. The number of halogens is 5. The van der Waals surface area contributed by atoms with Gasteiger partial charge in [-0.05, 0) is 25.6 Å². The first-order valence-electron chi connectivity index (χ1n) is 4.39. The van der Waals surface area contributed by atoms with Gasteiger partial charge in [0.05, 0.1) is 4.34 Å². The smallest absolute Gasteiger partial charge is 0.307 e. The van der Waals surface area contributed by atoms with Crippen LogP contribution >= 0.6 is 22.9 Å².